The zero-order valence-electron chi connectivity index (χ0n) is 11.6. The van der Waals surface area contributed by atoms with Crippen molar-refractivity contribution in [3.8, 4) is 0 Å². The Bertz CT molecular complexity index is 303. The Morgan fingerprint density at radius 1 is 1.41 bits per heavy atom. The van der Waals surface area contributed by atoms with Crippen molar-refractivity contribution in [1.29, 1.82) is 0 Å². The van der Waals surface area contributed by atoms with E-state index in [1.807, 2.05) is 7.05 Å². The van der Waals surface area contributed by atoms with Crippen LogP contribution in [0, 0.1) is 5.41 Å². The summed E-state index contributed by atoms with van der Waals surface area (Å²) in [4.78, 5) is 0. The molecule has 1 heterocycles. The second-order valence-electron chi connectivity index (χ2n) is 5.47. The van der Waals surface area contributed by atoms with Crippen LogP contribution in [-0.2, 0) is 11.2 Å². The fraction of sp³-hybridized carbons (Fsp3) is 0.714. The van der Waals surface area contributed by atoms with Crippen molar-refractivity contribution in [3.63, 3.8) is 0 Å². The fourth-order valence-corrected chi connectivity index (χ4v) is 2.85. The van der Waals surface area contributed by atoms with Crippen molar-refractivity contribution in [1.82, 2.24) is 5.32 Å². The van der Waals surface area contributed by atoms with Crippen LogP contribution in [0.1, 0.15) is 33.3 Å². The molecular formula is C14H25NOS. The predicted octanol–water partition coefficient (Wildman–Crippen LogP) is 3.33. The van der Waals surface area contributed by atoms with Crippen LogP contribution in [0.3, 0.4) is 0 Å². The van der Waals surface area contributed by atoms with E-state index in [-0.39, 0.29) is 11.5 Å². The van der Waals surface area contributed by atoms with Gasteiger partial charge in [0, 0.05) is 12.6 Å². The molecule has 0 aliphatic rings. The highest BCUT2D eigenvalue weighted by Gasteiger charge is 2.32. The van der Waals surface area contributed by atoms with E-state index in [0.717, 1.165) is 13.0 Å². The van der Waals surface area contributed by atoms with Crippen molar-refractivity contribution in [2.45, 2.75) is 46.3 Å². The lowest BCUT2D eigenvalue weighted by atomic mass is 9.82. The summed E-state index contributed by atoms with van der Waals surface area (Å²) in [6, 6.07) is 2.56. The van der Waals surface area contributed by atoms with Gasteiger partial charge in [0.2, 0.25) is 0 Å². The Kier molecular flexibility index (Phi) is 5.63. The molecule has 17 heavy (non-hydrogen) atoms. The van der Waals surface area contributed by atoms with Crippen molar-refractivity contribution < 1.29 is 4.74 Å². The molecule has 0 fully saturated rings. The molecule has 0 spiro atoms. The van der Waals surface area contributed by atoms with Crippen LogP contribution in [0.15, 0.2) is 16.8 Å². The van der Waals surface area contributed by atoms with Gasteiger partial charge in [0.15, 0.2) is 0 Å². The van der Waals surface area contributed by atoms with Crippen LogP contribution in [0.2, 0.25) is 0 Å². The van der Waals surface area contributed by atoms with Crippen molar-refractivity contribution in [3.05, 3.63) is 22.4 Å². The van der Waals surface area contributed by atoms with Gasteiger partial charge in [-0.05, 0) is 48.2 Å². The van der Waals surface area contributed by atoms with Gasteiger partial charge in [-0.1, -0.05) is 20.8 Å². The first-order valence-corrected chi connectivity index (χ1v) is 7.23. The standard InChI is InChI=1S/C14H25NOS/c1-6-16-13(14(2,3)4)12(15-5)9-11-7-8-17-10-11/h7-8,10,12-13,15H,6,9H2,1-5H3. The first kappa shape index (κ1) is 14.7. The third-order valence-corrected chi connectivity index (χ3v) is 3.70. The van der Waals surface area contributed by atoms with E-state index < -0.39 is 0 Å². The molecule has 1 N–H and O–H groups in total. The quantitative estimate of drug-likeness (QED) is 0.842. The van der Waals surface area contributed by atoms with Gasteiger partial charge >= 0.3 is 0 Å². The molecule has 0 saturated carbocycles. The minimum atomic E-state index is 0.152. The molecule has 0 bridgehead atoms. The van der Waals surface area contributed by atoms with Gasteiger partial charge < -0.3 is 10.1 Å². The van der Waals surface area contributed by atoms with Crippen LogP contribution >= 0.6 is 11.3 Å². The fourth-order valence-electron chi connectivity index (χ4n) is 2.17. The molecule has 98 valence electrons. The average molecular weight is 255 g/mol. The highest BCUT2D eigenvalue weighted by molar-refractivity contribution is 7.07. The summed E-state index contributed by atoms with van der Waals surface area (Å²) in [6.07, 6.45) is 1.26. The monoisotopic (exact) mass is 255 g/mol. The molecule has 3 heteroatoms. The second kappa shape index (κ2) is 6.53. The molecule has 1 rings (SSSR count). The summed E-state index contributed by atoms with van der Waals surface area (Å²) in [5.41, 5.74) is 1.54. The first-order chi connectivity index (χ1) is 7.99. The zero-order valence-corrected chi connectivity index (χ0v) is 12.4. The Morgan fingerprint density at radius 3 is 2.53 bits per heavy atom. The number of rotatable bonds is 6. The summed E-state index contributed by atoms with van der Waals surface area (Å²) in [7, 11) is 2.02. The molecule has 1 aromatic heterocycles. The van der Waals surface area contributed by atoms with Gasteiger partial charge in [-0.2, -0.15) is 11.3 Å². The van der Waals surface area contributed by atoms with E-state index in [2.05, 4.69) is 49.8 Å². The van der Waals surface area contributed by atoms with Gasteiger partial charge in [-0.3, -0.25) is 0 Å². The number of likely N-dealkylation sites (N-methyl/N-ethyl adjacent to an activating group) is 1. The molecule has 0 aliphatic carbocycles. The summed E-state index contributed by atoms with van der Waals surface area (Å²) in [5.74, 6) is 0. The molecular weight excluding hydrogens is 230 g/mol. The highest BCUT2D eigenvalue weighted by Crippen LogP contribution is 2.27. The van der Waals surface area contributed by atoms with E-state index >= 15 is 0 Å². The number of nitrogens with one attached hydrogen (secondary N) is 1. The molecule has 0 aromatic carbocycles. The molecule has 0 saturated heterocycles. The van der Waals surface area contributed by atoms with Crippen molar-refractivity contribution in [2.24, 2.45) is 5.41 Å². The normalized spacial score (nSPS) is 15.8. The Labute approximate surface area is 109 Å². The SMILES string of the molecule is CCOC(C(Cc1ccsc1)NC)C(C)(C)C. The predicted molar refractivity (Wildman–Crippen MR) is 75.7 cm³/mol. The van der Waals surface area contributed by atoms with Crippen LogP contribution in [-0.4, -0.2) is 25.8 Å². The lowest BCUT2D eigenvalue weighted by molar-refractivity contribution is -0.0340. The third kappa shape index (κ3) is 4.41. The summed E-state index contributed by atoms with van der Waals surface area (Å²) in [6.45, 7) is 9.56. The van der Waals surface area contributed by atoms with Gasteiger partial charge in [0.05, 0.1) is 6.10 Å². The van der Waals surface area contributed by atoms with Gasteiger partial charge in [-0.15, -0.1) is 0 Å². The van der Waals surface area contributed by atoms with Crippen LogP contribution < -0.4 is 5.32 Å². The summed E-state index contributed by atoms with van der Waals surface area (Å²) >= 11 is 1.76. The molecule has 0 radical (unpaired) electrons. The highest BCUT2D eigenvalue weighted by atomic mass is 32.1. The van der Waals surface area contributed by atoms with Crippen molar-refractivity contribution >= 4 is 11.3 Å². The molecule has 2 unspecified atom stereocenters. The minimum absolute atomic E-state index is 0.152. The van der Waals surface area contributed by atoms with Gasteiger partial charge in [0.1, 0.15) is 0 Å². The third-order valence-electron chi connectivity index (χ3n) is 2.97. The maximum atomic E-state index is 5.95. The Hall–Kier alpha value is -0.380. The number of ether oxygens (including phenoxy) is 1. The number of thiophene rings is 1. The van der Waals surface area contributed by atoms with E-state index in [1.54, 1.807) is 11.3 Å². The van der Waals surface area contributed by atoms with E-state index in [0.29, 0.717) is 6.04 Å². The maximum absolute atomic E-state index is 5.95. The Morgan fingerprint density at radius 2 is 2.12 bits per heavy atom. The maximum Gasteiger partial charge on any atom is 0.0779 e. The second-order valence-corrected chi connectivity index (χ2v) is 6.25. The topological polar surface area (TPSA) is 21.3 Å². The molecule has 1 aromatic rings. The van der Waals surface area contributed by atoms with Crippen LogP contribution in [0.4, 0.5) is 0 Å². The number of hydrogen-bond acceptors (Lipinski definition) is 3. The summed E-state index contributed by atoms with van der Waals surface area (Å²) in [5, 5.41) is 7.76. The van der Waals surface area contributed by atoms with Gasteiger partial charge in [-0.25, -0.2) is 0 Å². The lowest BCUT2D eigenvalue weighted by Crippen LogP contribution is -2.48. The smallest absolute Gasteiger partial charge is 0.0779 e. The molecule has 2 nitrogen and oxygen atoms in total. The van der Waals surface area contributed by atoms with Gasteiger partial charge in [0.25, 0.3) is 0 Å². The first-order valence-electron chi connectivity index (χ1n) is 6.29. The van der Waals surface area contributed by atoms with Crippen LogP contribution in [0.25, 0.3) is 0 Å². The average Bonchev–Trinajstić information content (AvgIpc) is 2.74. The van der Waals surface area contributed by atoms with E-state index in [4.69, 9.17) is 4.74 Å². The van der Waals surface area contributed by atoms with E-state index in [9.17, 15) is 0 Å². The zero-order chi connectivity index (χ0) is 12.9. The molecule has 0 amide bonds. The summed E-state index contributed by atoms with van der Waals surface area (Å²) < 4.78 is 5.95. The van der Waals surface area contributed by atoms with Crippen molar-refractivity contribution in [2.75, 3.05) is 13.7 Å². The van der Waals surface area contributed by atoms with E-state index in [1.165, 1.54) is 5.56 Å². The lowest BCUT2D eigenvalue weighted by Gasteiger charge is -2.36. The Balaban J connectivity index is 2.74. The number of hydrogen-bond donors (Lipinski definition) is 1. The molecule has 2 atom stereocenters. The largest absolute Gasteiger partial charge is 0.376 e. The minimum Gasteiger partial charge on any atom is -0.376 e. The van der Waals surface area contributed by atoms with Crippen LogP contribution in [0.5, 0.6) is 0 Å². The molecule has 0 aliphatic heterocycles.